The minimum atomic E-state index is -0.660. The number of halogens is 3. The van der Waals surface area contributed by atoms with Crippen molar-refractivity contribution in [3.8, 4) is 0 Å². The van der Waals surface area contributed by atoms with Crippen molar-refractivity contribution in [3.05, 3.63) is 68.2 Å². The third-order valence-electron chi connectivity index (χ3n) is 5.04. The molecular formula is C19H14Cl3NO3. The Hall–Kier alpha value is -1.75. The molecule has 2 aliphatic rings. The topological polar surface area (TPSA) is 46.6 Å². The number of rotatable bonds is 1. The van der Waals surface area contributed by atoms with Crippen LogP contribution in [0.2, 0.25) is 15.1 Å². The number of hydrogen-bond acceptors (Lipinski definition) is 3. The molecule has 0 bridgehead atoms. The van der Waals surface area contributed by atoms with Gasteiger partial charge >= 0.3 is 5.97 Å². The van der Waals surface area contributed by atoms with Gasteiger partial charge in [0, 0.05) is 31.5 Å². The maximum Gasteiger partial charge on any atom is 0.339 e. The second-order valence-electron chi connectivity index (χ2n) is 6.44. The number of nitrogens with zero attached hydrogens (tertiary/aromatic N) is 1. The molecule has 1 saturated heterocycles. The van der Waals surface area contributed by atoms with Crippen LogP contribution in [0.25, 0.3) is 0 Å². The van der Waals surface area contributed by atoms with Crippen LogP contribution in [0, 0.1) is 0 Å². The summed E-state index contributed by atoms with van der Waals surface area (Å²) in [6, 6.07) is 10.5. The SMILES string of the molecule is O=C1OC2(CCN(C(=O)c3c(Cl)ccc(Cl)c3Cl)CC2)c2ccccc21. The van der Waals surface area contributed by atoms with E-state index in [-0.39, 0.29) is 32.5 Å². The molecule has 0 atom stereocenters. The molecule has 2 aromatic rings. The van der Waals surface area contributed by atoms with Crippen LogP contribution in [0.15, 0.2) is 36.4 Å². The van der Waals surface area contributed by atoms with E-state index >= 15 is 0 Å². The number of hydrogen-bond donors (Lipinski definition) is 0. The van der Waals surface area contributed by atoms with E-state index < -0.39 is 5.60 Å². The first kappa shape index (κ1) is 17.7. The van der Waals surface area contributed by atoms with Gasteiger partial charge in [0.25, 0.3) is 5.91 Å². The maximum absolute atomic E-state index is 12.9. The van der Waals surface area contributed by atoms with Gasteiger partial charge in [-0.25, -0.2) is 4.79 Å². The second-order valence-corrected chi connectivity index (χ2v) is 7.63. The normalized spacial score (nSPS) is 18.0. The van der Waals surface area contributed by atoms with Gasteiger partial charge in [-0.1, -0.05) is 53.0 Å². The summed E-state index contributed by atoms with van der Waals surface area (Å²) in [6.07, 6.45) is 1.05. The Kier molecular flexibility index (Phi) is 4.38. The van der Waals surface area contributed by atoms with Crippen molar-refractivity contribution in [2.45, 2.75) is 18.4 Å². The van der Waals surface area contributed by atoms with E-state index in [0.717, 1.165) is 5.56 Å². The third kappa shape index (κ3) is 2.68. The molecule has 1 amide bonds. The van der Waals surface area contributed by atoms with E-state index in [1.54, 1.807) is 23.1 Å². The lowest BCUT2D eigenvalue weighted by atomic mass is 9.83. The van der Waals surface area contributed by atoms with E-state index in [1.807, 2.05) is 18.2 Å². The average molecular weight is 411 g/mol. The first-order valence-corrected chi connectivity index (χ1v) is 9.32. The molecule has 0 N–H and O–H groups in total. The molecule has 26 heavy (non-hydrogen) atoms. The predicted molar refractivity (Wildman–Crippen MR) is 100 cm³/mol. The molecule has 1 spiro atoms. The van der Waals surface area contributed by atoms with Crippen LogP contribution in [-0.2, 0) is 10.3 Å². The van der Waals surface area contributed by atoms with Gasteiger partial charge in [0.1, 0.15) is 5.60 Å². The molecule has 0 aromatic heterocycles. The number of benzene rings is 2. The predicted octanol–water partition coefficient (Wildman–Crippen LogP) is 4.95. The highest BCUT2D eigenvalue weighted by Gasteiger charge is 2.47. The first-order chi connectivity index (χ1) is 12.4. The van der Waals surface area contributed by atoms with Gasteiger partial charge in [-0.05, 0) is 18.2 Å². The van der Waals surface area contributed by atoms with Crippen LogP contribution in [-0.4, -0.2) is 29.9 Å². The Morgan fingerprint density at radius 2 is 1.65 bits per heavy atom. The number of carbonyl (C=O) groups is 2. The highest BCUT2D eigenvalue weighted by Crippen LogP contribution is 2.44. The van der Waals surface area contributed by atoms with E-state index in [9.17, 15) is 9.59 Å². The van der Waals surface area contributed by atoms with Crippen LogP contribution >= 0.6 is 34.8 Å². The molecule has 0 unspecified atom stereocenters. The summed E-state index contributed by atoms with van der Waals surface area (Å²) in [5.74, 6) is -0.573. The molecule has 2 aliphatic heterocycles. The van der Waals surface area contributed by atoms with E-state index in [2.05, 4.69) is 0 Å². The van der Waals surface area contributed by atoms with Crippen molar-refractivity contribution in [1.29, 1.82) is 0 Å². The van der Waals surface area contributed by atoms with Crippen LogP contribution in [0.1, 0.15) is 39.1 Å². The van der Waals surface area contributed by atoms with Crippen molar-refractivity contribution in [1.82, 2.24) is 4.90 Å². The average Bonchev–Trinajstić information content (AvgIpc) is 2.91. The van der Waals surface area contributed by atoms with Gasteiger partial charge in [0.15, 0.2) is 0 Å². The summed E-state index contributed by atoms with van der Waals surface area (Å²) < 4.78 is 5.71. The van der Waals surface area contributed by atoms with Gasteiger partial charge in [-0.2, -0.15) is 0 Å². The molecule has 1 fully saturated rings. The fourth-order valence-corrected chi connectivity index (χ4v) is 4.36. The summed E-state index contributed by atoms with van der Waals surface area (Å²) in [5.41, 5.74) is 1.05. The molecule has 4 rings (SSSR count). The fraction of sp³-hybridized carbons (Fsp3) is 0.263. The highest BCUT2D eigenvalue weighted by atomic mass is 35.5. The van der Waals surface area contributed by atoms with E-state index in [1.165, 1.54) is 0 Å². The van der Waals surface area contributed by atoms with Crippen molar-refractivity contribution in [2.24, 2.45) is 0 Å². The van der Waals surface area contributed by atoms with Crippen molar-refractivity contribution < 1.29 is 14.3 Å². The fourth-order valence-electron chi connectivity index (χ4n) is 3.67. The Labute approximate surface area is 165 Å². The number of amides is 1. The van der Waals surface area contributed by atoms with Gasteiger partial charge in [-0.15, -0.1) is 0 Å². The second kappa shape index (κ2) is 6.45. The summed E-state index contributed by atoms with van der Waals surface area (Å²) in [6.45, 7) is 0.860. The maximum atomic E-state index is 12.9. The molecule has 0 aliphatic carbocycles. The van der Waals surface area contributed by atoms with Crippen molar-refractivity contribution >= 4 is 46.7 Å². The molecule has 0 saturated carbocycles. The monoisotopic (exact) mass is 409 g/mol. The summed E-state index contributed by atoms with van der Waals surface area (Å²) >= 11 is 18.4. The van der Waals surface area contributed by atoms with Gasteiger partial charge in [0.2, 0.25) is 0 Å². The third-order valence-corrected chi connectivity index (χ3v) is 6.16. The summed E-state index contributed by atoms with van der Waals surface area (Å²) in [5, 5.41) is 0.705. The van der Waals surface area contributed by atoms with Crippen LogP contribution in [0.3, 0.4) is 0 Å². The Morgan fingerprint density at radius 3 is 2.38 bits per heavy atom. The van der Waals surface area contributed by atoms with Crippen molar-refractivity contribution in [2.75, 3.05) is 13.1 Å². The molecule has 4 nitrogen and oxygen atoms in total. The zero-order valence-corrected chi connectivity index (χ0v) is 15.9. The molecule has 2 heterocycles. The number of esters is 1. The van der Waals surface area contributed by atoms with Crippen molar-refractivity contribution in [3.63, 3.8) is 0 Å². The lowest BCUT2D eigenvalue weighted by Crippen LogP contribution is -2.45. The zero-order chi connectivity index (χ0) is 18.5. The van der Waals surface area contributed by atoms with Gasteiger partial charge < -0.3 is 9.64 Å². The van der Waals surface area contributed by atoms with Crippen LogP contribution in [0.5, 0.6) is 0 Å². The number of piperidine rings is 1. The molecule has 0 radical (unpaired) electrons. The quantitative estimate of drug-likeness (QED) is 0.494. The number of likely N-dealkylation sites (tertiary alicyclic amines) is 1. The van der Waals surface area contributed by atoms with Crippen LogP contribution in [0.4, 0.5) is 0 Å². The zero-order valence-electron chi connectivity index (χ0n) is 13.6. The lowest BCUT2D eigenvalue weighted by Gasteiger charge is -2.38. The summed E-state index contributed by atoms with van der Waals surface area (Å²) in [7, 11) is 0. The van der Waals surface area contributed by atoms with Gasteiger partial charge in [-0.3, -0.25) is 4.79 Å². The number of carbonyl (C=O) groups excluding carboxylic acids is 2. The van der Waals surface area contributed by atoms with Gasteiger partial charge in [0.05, 0.1) is 26.2 Å². The van der Waals surface area contributed by atoms with E-state index in [4.69, 9.17) is 39.5 Å². The highest BCUT2D eigenvalue weighted by molar-refractivity contribution is 6.46. The Morgan fingerprint density at radius 1 is 1.00 bits per heavy atom. The molecular weight excluding hydrogens is 397 g/mol. The standard InChI is InChI=1S/C19H14Cl3NO3/c20-13-5-6-14(21)16(22)15(13)17(24)23-9-7-19(8-10-23)12-4-2-1-3-11(12)18(25)26-19/h1-6H,7-10H2. The first-order valence-electron chi connectivity index (χ1n) is 8.18. The minimum absolute atomic E-state index is 0.155. The summed E-state index contributed by atoms with van der Waals surface area (Å²) in [4.78, 5) is 26.7. The number of fused-ring (bicyclic) bond motifs is 2. The lowest BCUT2D eigenvalue weighted by molar-refractivity contribution is -0.0389. The smallest absolute Gasteiger partial charge is 0.339 e. The molecule has 2 aromatic carbocycles. The Balaban J connectivity index is 1.58. The van der Waals surface area contributed by atoms with E-state index in [0.29, 0.717) is 31.5 Å². The number of ether oxygens (including phenoxy) is 1. The molecule has 134 valence electrons. The minimum Gasteiger partial charge on any atom is -0.450 e. The largest absolute Gasteiger partial charge is 0.450 e. The molecule has 7 heteroatoms. The Bertz CT molecular complexity index is 920. The van der Waals surface area contributed by atoms with Crippen LogP contribution < -0.4 is 0 Å².